The molecule has 9 nitrogen and oxygen atoms in total. The minimum absolute atomic E-state index is 0.00146. The number of imide groups is 1. The molecule has 2 N–H and O–H groups in total. The largest absolute Gasteiger partial charge is 0.496 e. The van der Waals surface area contributed by atoms with E-state index in [9.17, 15) is 24.3 Å². The van der Waals surface area contributed by atoms with Crippen molar-refractivity contribution in [2.24, 2.45) is 29.6 Å². The molecule has 2 aromatic carbocycles. The molecule has 2 bridgehead atoms. The minimum atomic E-state index is -1.21. The topological polar surface area (TPSA) is 126 Å². The number of hydrogen-bond acceptors (Lipinski definition) is 8. The Hall–Kier alpha value is -2.99. The molecule has 0 spiro atoms. The van der Waals surface area contributed by atoms with Gasteiger partial charge in [-0.25, -0.2) is 0 Å². The molecule has 42 heavy (non-hydrogen) atoms. The van der Waals surface area contributed by atoms with Crippen molar-refractivity contribution in [2.45, 2.75) is 29.2 Å². The highest BCUT2D eigenvalue weighted by atomic mass is 35.5. The van der Waals surface area contributed by atoms with Gasteiger partial charge in [0, 0.05) is 26.6 Å². The Kier molecular flexibility index (Phi) is 6.84. The third-order valence-electron chi connectivity index (χ3n) is 9.06. The SMILES string of the molecule is COc1cc([C@@H]2c3sc(=O)[nH]c3S[C@@H]3[C@H]4C[C@@H]([C@@H]5C(=O)N(CC(=O)O)C(=O)[C@@H]45)[C@@H]23)ccc1COc1ccc(Cl)cc1Cl. The van der Waals surface area contributed by atoms with E-state index in [4.69, 9.17) is 32.7 Å². The normalized spacial score (nSPS) is 28.9. The van der Waals surface area contributed by atoms with Gasteiger partial charge in [0.15, 0.2) is 0 Å². The van der Waals surface area contributed by atoms with Crippen LogP contribution in [0.4, 0.5) is 0 Å². The first-order chi connectivity index (χ1) is 20.2. The van der Waals surface area contributed by atoms with Gasteiger partial charge in [0.1, 0.15) is 24.7 Å². The number of hydrogen-bond donors (Lipinski definition) is 2. The van der Waals surface area contributed by atoms with Gasteiger partial charge in [-0.1, -0.05) is 46.7 Å². The molecule has 4 aliphatic rings. The highest BCUT2D eigenvalue weighted by molar-refractivity contribution is 8.00. The first-order valence-electron chi connectivity index (χ1n) is 13.4. The first-order valence-corrected chi connectivity index (χ1v) is 15.8. The van der Waals surface area contributed by atoms with Crippen LogP contribution in [0.1, 0.15) is 28.3 Å². The fraction of sp³-hybridized carbons (Fsp3) is 0.379. The second-order valence-corrected chi connectivity index (χ2v) is 14.1. The number of H-pyrrole nitrogens is 1. The molecule has 2 aliphatic heterocycles. The van der Waals surface area contributed by atoms with Gasteiger partial charge in [-0.15, -0.1) is 11.8 Å². The van der Waals surface area contributed by atoms with E-state index in [1.165, 1.54) is 11.3 Å². The van der Waals surface area contributed by atoms with E-state index in [2.05, 4.69) is 4.98 Å². The third kappa shape index (κ3) is 4.27. The number of aliphatic carboxylic acids is 1. The number of thioether (sulfide) groups is 1. The highest BCUT2D eigenvalue weighted by Crippen LogP contribution is 2.68. The lowest BCUT2D eigenvalue weighted by Crippen LogP contribution is -2.42. The number of aromatic amines is 1. The summed E-state index contributed by atoms with van der Waals surface area (Å²) in [7, 11) is 1.58. The number of carbonyl (C=O) groups excluding carboxylic acids is 2. The van der Waals surface area contributed by atoms with Crippen LogP contribution in [-0.4, -0.2) is 51.7 Å². The van der Waals surface area contributed by atoms with E-state index in [1.807, 2.05) is 18.2 Å². The van der Waals surface area contributed by atoms with Crippen molar-refractivity contribution in [3.63, 3.8) is 0 Å². The van der Waals surface area contributed by atoms with Crippen LogP contribution in [0, 0.1) is 29.6 Å². The van der Waals surface area contributed by atoms with Crippen molar-refractivity contribution < 1.29 is 29.0 Å². The zero-order valence-electron chi connectivity index (χ0n) is 22.0. The molecule has 13 heteroatoms. The number of methoxy groups -OCH3 is 1. The Morgan fingerprint density at radius 3 is 2.55 bits per heavy atom. The van der Waals surface area contributed by atoms with Crippen LogP contribution in [0.5, 0.6) is 11.5 Å². The number of carboxylic acid groups (broad SMARTS) is 1. The molecule has 218 valence electrons. The lowest BCUT2D eigenvalue weighted by atomic mass is 9.68. The van der Waals surface area contributed by atoms with Gasteiger partial charge in [0.25, 0.3) is 0 Å². The molecule has 3 aromatic rings. The summed E-state index contributed by atoms with van der Waals surface area (Å²) in [5, 5.41) is 11.0. The number of nitrogens with zero attached hydrogens (tertiary/aromatic N) is 1. The maximum atomic E-state index is 13.4. The van der Waals surface area contributed by atoms with Crippen LogP contribution < -0.4 is 14.3 Å². The average molecular weight is 648 g/mol. The number of carbonyl (C=O) groups is 3. The fourth-order valence-electron chi connectivity index (χ4n) is 7.56. The maximum Gasteiger partial charge on any atom is 0.323 e. The van der Waals surface area contributed by atoms with Crippen molar-refractivity contribution in [3.05, 3.63) is 72.1 Å². The number of ether oxygens (including phenoxy) is 2. The lowest BCUT2D eigenvalue weighted by molar-refractivity contribution is -0.149. The Labute approximate surface area is 258 Å². The monoisotopic (exact) mass is 646 g/mol. The molecule has 7 atom stereocenters. The minimum Gasteiger partial charge on any atom is -0.496 e. The summed E-state index contributed by atoms with van der Waals surface area (Å²) in [6.45, 7) is -0.413. The first kappa shape index (κ1) is 27.8. The van der Waals surface area contributed by atoms with Crippen LogP contribution in [0.15, 0.2) is 46.2 Å². The second-order valence-electron chi connectivity index (χ2n) is 11.1. The van der Waals surface area contributed by atoms with Crippen molar-refractivity contribution >= 4 is 64.1 Å². The van der Waals surface area contributed by atoms with Crippen LogP contribution in [0.3, 0.4) is 0 Å². The number of carboxylic acids is 1. The van der Waals surface area contributed by atoms with Gasteiger partial charge in [-0.05, 0) is 54.0 Å². The summed E-state index contributed by atoms with van der Waals surface area (Å²) >= 11 is 15.0. The van der Waals surface area contributed by atoms with Crippen molar-refractivity contribution in [2.75, 3.05) is 13.7 Å². The molecule has 2 aliphatic carbocycles. The number of aromatic nitrogens is 1. The molecule has 1 aromatic heterocycles. The molecule has 0 radical (unpaired) electrons. The number of benzene rings is 2. The van der Waals surface area contributed by atoms with Crippen molar-refractivity contribution in [3.8, 4) is 11.5 Å². The van der Waals surface area contributed by atoms with E-state index in [1.54, 1.807) is 37.1 Å². The molecule has 3 fully saturated rings. The Morgan fingerprint density at radius 1 is 1.07 bits per heavy atom. The third-order valence-corrected chi connectivity index (χ3v) is 12.2. The predicted molar refractivity (Wildman–Crippen MR) is 157 cm³/mol. The van der Waals surface area contributed by atoms with Crippen LogP contribution in [-0.2, 0) is 21.0 Å². The number of nitrogens with one attached hydrogen (secondary N) is 1. The summed E-state index contributed by atoms with van der Waals surface area (Å²) in [6.07, 6.45) is 0.719. The smallest absolute Gasteiger partial charge is 0.323 e. The predicted octanol–water partition coefficient (Wildman–Crippen LogP) is 4.89. The standard InChI is InChI=1S/C29H24Cl2N2O7S2/c1-39-18-6-11(2-3-12(18)10-40-17-5-4-13(30)7-16(17)31)20-21-14-8-15(24(21)41-26-25(20)42-29(38)32-26)23-22(14)27(36)33(28(23)37)9-19(34)35/h2-7,14-15,20-24H,8-10H2,1H3,(H,32,38)(H,34,35)/t14-,15+,20+,21+,22+,23+,24-/m1/s1. The zero-order valence-corrected chi connectivity index (χ0v) is 25.2. The van der Waals surface area contributed by atoms with Crippen LogP contribution in [0.2, 0.25) is 10.0 Å². The Bertz CT molecular complexity index is 1710. The summed E-state index contributed by atoms with van der Waals surface area (Å²) < 4.78 is 11.7. The summed E-state index contributed by atoms with van der Waals surface area (Å²) in [5.41, 5.74) is 1.74. The van der Waals surface area contributed by atoms with Gasteiger partial charge in [-0.2, -0.15) is 0 Å². The lowest BCUT2D eigenvalue weighted by Gasteiger charge is -2.43. The molecule has 7 rings (SSSR count). The van der Waals surface area contributed by atoms with Crippen LogP contribution >= 0.6 is 46.3 Å². The van der Waals surface area contributed by atoms with Gasteiger partial charge in [0.2, 0.25) is 11.8 Å². The number of thiazole rings is 1. The molecule has 1 saturated heterocycles. The molecule has 0 unspecified atom stereocenters. The zero-order chi connectivity index (χ0) is 29.4. The van der Waals surface area contributed by atoms with Gasteiger partial charge < -0.3 is 19.6 Å². The summed E-state index contributed by atoms with van der Waals surface area (Å²) in [4.78, 5) is 55.3. The summed E-state index contributed by atoms with van der Waals surface area (Å²) in [6, 6.07) is 10.9. The molecule has 2 saturated carbocycles. The number of likely N-dealkylation sites (tertiary alicyclic amines) is 1. The van der Waals surface area contributed by atoms with Crippen LogP contribution in [0.25, 0.3) is 0 Å². The number of halogens is 2. The van der Waals surface area contributed by atoms with E-state index < -0.39 is 24.3 Å². The Balaban J connectivity index is 1.24. The van der Waals surface area contributed by atoms with Gasteiger partial charge in [-0.3, -0.25) is 24.1 Å². The number of fused-ring (bicyclic) bond motifs is 9. The number of amides is 2. The fourth-order valence-corrected chi connectivity index (χ4v) is 10.9. The Morgan fingerprint density at radius 2 is 1.83 bits per heavy atom. The molecule has 3 heterocycles. The number of rotatable bonds is 7. The van der Waals surface area contributed by atoms with E-state index in [0.717, 1.165) is 32.4 Å². The maximum absolute atomic E-state index is 13.4. The average Bonchev–Trinajstić information content (AvgIpc) is 3.68. The highest BCUT2D eigenvalue weighted by Gasteiger charge is 2.69. The molecular formula is C29H24Cl2N2O7S2. The van der Waals surface area contributed by atoms with Crippen molar-refractivity contribution in [1.29, 1.82) is 0 Å². The molecular weight excluding hydrogens is 623 g/mol. The second kappa shape index (κ2) is 10.3. The quantitative estimate of drug-likeness (QED) is 0.348. The van der Waals surface area contributed by atoms with Crippen molar-refractivity contribution in [1.82, 2.24) is 9.88 Å². The van der Waals surface area contributed by atoms with E-state index >= 15 is 0 Å². The molecule has 2 amide bonds. The summed E-state index contributed by atoms with van der Waals surface area (Å²) in [5.74, 6) is -2.33. The van der Waals surface area contributed by atoms with E-state index in [-0.39, 0.29) is 52.2 Å². The van der Waals surface area contributed by atoms with E-state index in [0.29, 0.717) is 21.5 Å². The van der Waals surface area contributed by atoms with Gasteiger partial charge in [0.05, 0.1) is 29.0 Å². The van der Waals surface area contributed by atoms with Gasteiger partial charge >= 0.3 is 10.8 Å².